The number of H-pyrrole nitrogens is 1. The summed E-state index contributed by atoms with van der Waals surface area (Å²) in [5, 5.41) is 13.6. The summed E-state index contributed by atoms with van der Waals surface area (Å²) in [6, 6.07) is 7.93. The molecule has 0 unspecified atom stereocenters. The molecular weight excluding hydrogens is 262 g/mol. The predicted octanol–water partition coefficient (Wildman–Crippen LogP) is 3.50. The van der Waals surface area contributed by atoms with Crippen molar-refractivity contribution in [3.05, 3.63) is 35.2 Å². The Morgan fingerprint density at radius 3 is 2.67 bits per heavy atom. The van der Waals surface area contributed by atoms with Crippen molar-refractivity contribution in [1.29, 1.82) is 5.26 Å². The molecule has 0 spiro atoms. The van der Waals surface area contributed by atoms with Crippen molar-refractivity contribution in [3.8, 4) is 17.5 Å². The van der Waals surface area contributed by atoms with Crippen LogP contribution >= 0.6 is 0 Å². The normalized spacial score (nSPS) is 11.2. The molecule has 5 heteroatoms. The molecule has 3 aromatic rings. The number of benzene rings is 1. The SMILES string of the molecule is Cc1nn(C(C)C)c(C)c1-c1nc2ccc(C#N)cc2[nH]1. The maximum atomic E-state index is 8.98. The van der Waals surface area contributed by atoms with E-state index in [4.69, 9.17) is 5.26 Å². The molecule has 1 aromatic carbocycles. The Labute approximate surface area is 123 Å². The molecule has 3 rings (SSSR count). The zero-order valence-corrected chi connectivity index (χ0v) is 12.6. The van der Waals surface area contributed by atoms with Gasteiger partial charge in [-0.15, -0.1) is 0 Å². The van der Waals surface area contributed by atoms with Crippen molar-refractivity contribution >= 4 is 11.0 Å². The van der Waals surface area contributed by atoms with Gasteiger partial charge in [0.2, 0.25) is 0 Å². The molecule has 0 saturated carbocycles. The molecule has 0 aliphatic carbocycles. The minimum Gasteiger partial charge on any atom is -0.338 e. The van der Waals surface area contributed by atoms with E-state index in [2.05, 4.69) is 41.9 Å². The van der Waals surface area contributed by atoms with E-state index in [0.29, 0.717) is 11.6 Å². The summed E-state index contributed by atoms with van der Waals surface area (Å²) in [5.41, 5.74) is 5.46. The summed E-state index contributed by atoms with van der Waals surface area (Å²) >= 11 is 0. The number of nitriles is 1. The Morgan fingerprint density at radius 2 is 2.05 bits per heavy atom. The molecule has 0 bridgehead atoms. The van der Waals surface area contributed by atoms with Crippen LogP contribution < -0.4 is 0 Å². The lowest BCUT2D eigenvalue weighted by molar-refractivity contribution is 0.516. The topological polar surface area (TPSA) is 70.3 Å². The predicted molar refractivity (Wildman–Crippen MR) is 81.9 cm³/mol. The number of aromatic nitrogens is 4. The zero-order chi connectivity index (χ0) is 15.1. The summed E-state index contributed by atoms with van der Waals surface area (Å²) < 4.78 is 2.01. The highest BCUT2D eigenvalue weighted by Gasteiger charge is 2.18. The summed E-state index contributed by atoms with van der Waals surface area (Å²) in [6.45, 7) is 8.28. The van der Waals surface area contributed by atoms with E-state index in [1.807, 2.05) is 23.7 Å². The molecule has 0 aliphatic rings. The van der Waals surface area contributed by atoms with Crippen LogP contribution in [0.15, 0.2) is 18.2 Å². The highest BCUT2D eigenvalue weighted by atomic mass is 15.3. The van der Waals surface area contributed by atoms with E-state index in [1.54, 1.807) is 6.07 Å². The number of aryl methyl sites for hydroxylation is 1. The number of hydrogen-bond acceptors (Lipinski definition) is 3. The fourth-order valence-corrected chi connectivity index (χ4v) is 2.71. The van der Waals surface area contributed by atoms with Crippen LogP contribution in [0.2, 0.25) is 0 Å². The molecule has 0 aliphatic heterocycles. The Kier molecular flexibility index (Phi) is 3.02. The molecule has 2 aromatic heterocycles. The number of aromatic amines is 1. The van der Waals surface area contributed by atoms with E-state index in [0.717, 1.165) is 33.8 Å². The van der Waals surface area contributed by atoms with Crippen LogP contribution in [0.25, 0.3) is 22.4 Å². The maximum absolute atomic E-state index is 8.98. The van der Waals surface area contributed by atoms with Gasteiger partial charge in [0.15, 0.2) is 0 Å². The third kappa shape index (κ3) is 2.09. The van der Waals surface area contributed by atoms with Crippen molar-refractivity contribution < 1.29 is 0 Å². The van der Waals surface area contributed by atoms with E-state index in [-0.39, 0.29) is 0 Å². The summed E-state index contributed by atoms with van der Waals surface area (Å²) in [7, 11) is 0. The van der Waals surface area contributed by atoms with Crippen molar-refractivity contribution in [2.75, 3.05) is 0 Å². The van der Waals surface area contributed by atoms with Gasteiger partial charge in [-0.2, -0.15) is 10.4 Å². The third-order valence-corrected chi connectivity index (χ3v) is 3.66. The summed E-state index contributed by atoms with van der Waals surface area (Å²) in [4.78, 5) is 7.94. The smallest absolute Gasteiger partial charge is 0.142 e. The zero-order valence-electron chi connectivity index (χ0n) is 12.6. The molecule has 21 heavy (non-hydrogen) atoms. The minimum absolute atomic E-state index is 0.312. The van der Waals surface area contributed by atoms with Gasteiger partial charge >= 0.3 is 0 Å². The summed E-state index contributed by atoms with van der Waals surface area (Å²) in [6.07, 6.45) is 0. The molecule has 0 atom stereocenters. The molecule has 0 amide bonds. The lowest BCUT2D eigenvalue weighted by atomic mass is 10.2. The standard InChI is InChI=1S/C16H17N5/c1-9(2)21-11(4)15(10(3)20-21)16-18-13-6-5-12(8-17)7-14(13)19-16/h5-7,9H,1-4H3,(H,18,19). The van der Waals surface area contributed by atoms with Crippen LogP contribution in [0.5, 0.6) is 0 Å². The van der Waals surface area contributed by atoms with Crippen LogP contribution in [0.3, 0.4) is 0 Å². The number of fused-ring (bicyclic) bond motifs is 1. The second-order valence-corrected chi connectivity index (χ2v) is 5.51. The maximum Gasteiger partial charge on any atom is 0.142 e. The van der Waals surface area contributed by atoms with Crippen molar-refractivity contribution in [1.82, 2.24) is 19.7 Å². The Hall–Kier alpha value is -2.61. The summed E-state index contributed by atoms with van der Waals surface area (Å²) in [5.74, 6) is 0.807. The first-order valence-corrected chi connectivity index (χ1v) is 6.97. The quantitative estimate of drug-likeness (QED) is 0.780. The minimum atomic E-state index is 0.312. The lowest BCUT2D eigenvalue weighted by Crippen LogP contribution is -2.04. The average Bonchev–Trinajstić information content (AvgIpc) is 2.98. The fraction of sp³-hybridized carbons (Fsp3) is 0.312. The molecule has 0 radical (unpaired) electrons. The van der Waals surface area contributed by atoms with Crippen LogP contribution in [0, 0.1) is 25.2 Å². The monoisotopic (exact) mass is 279 g/mol. The molecule has 106 valence electrons. The number of nitrogens with zero attached hydrogens (tertiary/aromatic N) is 4. The molecular formula is C16H17N5. The number of rotatable bonds is 2. The largest absolute Gasteiger partial charge is 0.338 e. The average molecular weight is 279 g/mol. The van der Waals surface area contributed by atoms with E-state index < -0.39 is 0 Å². The van der Waals surface area contributed by atoms with E-state index >= 15 is 0 Å². The third-order valence-electron chi connectivity index (χ3n) is 3.66. The molecule has 2 heterocycles. The van der Waals surface area contributed by atoms with Gasteiger partial charge in [0.25, 0.3) is 0 Å². The van der Waals surface area contributed by atoms with E-state index in [9.17, 15) is 0 Å². The van der Waals surface area contributed by atoms with Gasteiger partial charge in [-0.05, 0) is 45.9 Å². The van der Waals surface area contributed by atoms with Gasteiger partial charge < -0.3 is 4.98 Å². The molecule has 5 nitrogen and oxygen atoms in total. The van der Waals surface area contributed by atoms with Gasteiger partial charge in [-0.3, -0.25) is 4.68 Å². The van der Waals surface area contributed by atoms with Gasteiger partial charge in [0.05, 0.1) is 33.9 Å². The lowest BCUT2D eigenvalue weighted by Gasteiger charge is -2.07. The fourth-order valence-electron chi connectivity index (χ4n) is 2.71. The number of nitrogens with one attached hydrogen (secondary N) is 1. The number of hydrogen-bond donors (Lipinski definition) is 1. The van der Waals surface area contributed by atoms with Gasteiger partial charge in [0, 0.05) is 11.7 Å². The van der Waals surface area contributed by atoms with Crippen LogP contribution in [-0.2, 0) is 0 Å². The first-order valence-electron chi connectivity index (χ1n) is 6.97. The van der Waals surface area contributed by atoms with Crippen LogP contribution in [0.1, 0.15) is 36.8 Å². The second-order valence-electron chi connectivity index (χ2n) is 5.51. The Morgan fingerprint density at radius 1 is 1.29 bits per heavy atom. The molecule has 1 N–H and O–H groups in total. The first-order chi connectivity index (χ1) is 10.0. The Bertz CT molecular complexity index is 861. The van der Waals surface area contributed by atoms with Crippen molar-refractivity contribution in [2.45, 2.75) is 33.7 Å². The Balaban J connectivity index is 2.19. The molecule has 0 saturated heterocycles. The van der Waals surface area contributed by atoms with Crippen LogP contribution in [0.4, 0.5) is 0 Å². The highest BCUT2D eigenvalue weighted by molar-refractivity contribution is 5.81. The van der Waals surface area contributed by atoms with Crippen molar-refractivity contribution in [3.63, 3.8) is 0 Å². The van der Waals surface area contributed by atoms with Crippen LogP contribution in [-0.4, -0.2) is 19.7 Å². The second kappa shape index (κ2) is 4.74. The van der Waals surface area contributed by atoms with Gasteiger partial charge in [-0.25, -0.2) is 4.98 Å². The van der Waals surface area contributed by atoms with Gasteiger partial charge in [0.1, 0.15) is 5.82 Å². The first kappa shape index (κ1) is 13.4. The van der Waals surface area contributed by atoms with Gasteiger partial charge in [-0.1, -0.05) is 0 Å². The highest BCUT2D eigenvalue weighted by Crippen LogP contribution is 2.28. The van der Waals surface area contributed by atoms with E-state index in [1.165, 1.54) is 0 Å². The number of imidazole rings is 1. The molecule has 0 fully saturated rings. The van der Waals surface area contributed by atoms with Crippen molar-refractivity contribution in [2.24, 2.45) is 0 Å².